The number of methoxy groups -OCH3 is 1. The van der Waals surface area contributed by atoms with Crippen molar-refractivity contribution in [3.05, 3.63) is 36.4 Å². The maximum absolute atomic E-state index is 12.2. The molecule has 1 amide bonds. The molecule has 5 heteroatoms. The van der Waals surface area contributed by atoms with Crippen LogP contribution in [0.1, 0.15) is 6.42 Å². The van der Waals surface area contributed by atoms with Crippen LogP contribution in [0.2, 0.25) is 0 Å². The van der Waals surface area contributed by atoms with Gasteiger partial charge in [-0.2, -0.15) is 0 Å². The maximum atomic E-state index is 12.2. The minimum absolute atomic E-state index is 0.0823. The summed E-state index contributed by atoms with van der Waals surface area (Å²) in [6.45, 7) is 0.332. The molecule has 1 fully saturated rings. The van der Waals surface area contributed by atoms with Crippen LogP contribution in [0.15, 0.2) is 36.4 Å². The predicted octanol–water partition coefficient (Wildman–Crippen LogP) is 1.95. The molecule has 0 bridgehead atoms. The zero-order valence-corrected chi connectivity index (χ0v) is 11.7. The number of amides is 1. The highest BCUT2D eigenvalue weighted by molar-refractivity contribution is 6.10. The van der Waals surface area contributed by atoms with Crippen LogP contribution in [0.5, 0.6) is 0 Å². The molecule has 2 aromatic carbocycles. The normalized spacial score (nSPS) is 18.2. The van der Waals surface area contributed by atoms with Gasteiger partial charge < -0.3 is 15.4 Å². The van der Waals surface area contributed by atoms with Gasteiger partial charge in [-0.15, -0.1) is 0 Å². The highest BCUT2D eigenvalue weighted by Crippen LogP contribution is 2.35. The number of nitrogens with zero attached hydrogens (tertiary/aromatic N) is 1. The second-order valence-electron chi connectivity index (χ2n) is 5.15. The van der Waals surface area contributed by atoms with E-state index in [1.54, 1.807) is 4.90 Å². The average molecular weight is 284 g/mol. The van der Waals surface area contributed by atoms with Crippen LogP contribution in [0, 0.1) is 5.92 Å². The largest absolute Gasteiger partial charge is 0.469 e. The number of esters is 1. The molecule has 0 aliphatic carbocycles. The van der Waals surface area contributed by atoms with Crippen molar-refractivity contribution >= 4 is 34.0 Å². The van der Waals surface area contributed by atoms with E-state index in [1.807, 2.05) is 36.4 Å². The number of benzene rings is 2. The number of hydrogen-bond acceptors (Lipinski definition) is 4. The first-order valence-corrected chi connectivity index (χ1v) is 6.77. The Kier molecular flexibility index (Phi) is 3.25. The third kappa shape index (κ3) is 2.20. The van der Waals surface area contributed by atoms with Gasteiger partial charge in [0, 0.05) is 24.0 Å². The van der Waals surface area contributed by atoms with Gasteiger partial charge in [-0.25, -0.2) is 0 Å². The summed E-state index contributed by atoms with van der Waals surface area (Å²) < 4.78 is 4.74. The zero-order valence-electron chi connectivity index (χ0n) is 11.7. The molecule has 1 unspecified atom stereocenters. The van der Waals surface area contributed by atoms with Gasteiger partial charge >= 0.3 is 5.97 Å². The number of anilines is 2. The number of nitrogen functional groups attached to an aromatic ring is 1. The van der Waals surface area contributed by atoms with Crippen LogP contribution < -0.4 is 10.6 Å². The summed E-state index contributed by atoms with van der Waals surface area (Å²) in [7, 11) is 1.34. The first-order valence-electron chi connectivity index (χ1n) is 6.77. The average Bonchev–Trinajstić information content (AvgIpc) is 2.88. The van der Waals surface area contributed by atoms with Gasteiger partial charge in [-0.1, -0.05) is 24.3 Å². The number of rotatable bonds is 2. The highest BCUT2D eigenvalue weighted by atomic mass is 16.5. The van der Waals surface area contributed by atoms with E-state index in [0.29, 0.717) is 12.2 Å². The van der Waals surface area contributed by atoms with Gasteiger partial charge in [-0.3, -0.25) is 9.59 Å². The van der Waals surface area contributed by atoms with Crippen molar-refractivity contribution in [1.82, 2.24) is 0 Å². The van der Waals surface area contributed by atoms with E-state index in [0.717, 1.165) is 16.5 Å². The molecule has 5 nitrogen and oxygen atoms in total. The van der Waals surface area contributed by atoms with Gasteiger partial charge in [0.1, 0.15) is 0 Å². The smallest absolute Gasteiger partial charge is 0.311 e. The molecule has 0 spiro atoms. The summed E-state index contributed by atoms with van der Waals surface area (Å²) in [6.07, 6.45) is 0.176. The number of ether oxygens (including phenoxy) is 1. The summed E-state index contributed by atoms with van der Waals surface area (Å²) in [5.41, 5.74) is 7.44. The van der Waals surface area contributed by atoms with Crippen molar-refractivity contribution in [1.29, 1.82) is 0 Å². The molecule has 1 atom stereocenters. The Morgan fingerprint density at radius 1 is 1.29 bits per heavy atom. The molecular weight excluding hydrogens is 268 g/mol. The van der Waals surface area contributed by atoms with Gasteiger partial charge in [0.25, 0.3) is 0 Å². The summed E-state index contributed by atoms with van der Waals surface area (Å²) >= 11 is 0. The fourth-order valence-electron chi connectivity index (χ4n) is 2.84. The van der Waals surface area contributed by atoms with Crippen molar-refractivity contribution in [2.75, 3.05) is 24.3 Å². The number of fused-ring (bicyclic) bond motifs is 1. The van der Waals surface area contributed by atoms with Gasteiger partial charge in [0.05, 0.1) is 18.7 Å². The second kappa shape index (κ2) is 5.09. The Hall–Kier alpha value is -2.56. The van der Waals surface area contributed by atoms with E-state index in [2.05, 4.69) is 0 Å². The first kappa shape index (κ1) is 13.4. The fourth-order valence-corrected chi connectivity index (χ4v) is 2.84. The molecule has 2 aromatic rings. The van der Waals surface area contributed by atoms with E-state index >= 15 is 0 Å². The molecule has 1 aliphatic rings. The van der Waals surface area contributed by atoms with Gasteiger partial charge in [0.15, 0.2) is 0 Å². The number of carbonyl (C=O) groups excluding carboxylic acids is 2. The molecule has 1 heterocycles. The predicted molar refractivity (Wildman–Crippen MR) is 80.8 cm³/mol. The Balaban J connectivity index is 2.05. The third-order valence-electron chi connectivity index (χ3n) is 3.87. The molecule has 1 aliphatic heterocycles. The standard InChI is InChI=1S/C16H16N2O3/c1-21-16(20)11-8-14(19)18(9-11)13-7-3-5-10-4-2-6-12(17)15(10)13/h2-7,11H,8-9,17H2,1H3. The molecule has 2 N–H and O–H groups in total. The molecule has 3 rings (SSSR count). The minimum atomic E-state index is -0.414. The van der Waals surface area contributed by atoms with Crippen molar-refractivity contribution in [3.8, 4) is 0 Å². The van der Waals surface area contributed by atoms with Crippen LogP contribution in [0.25, 0.3) is 10.8 Å². The van der Waals surface area contributed by atoms with Crippen molar-refractivity contribution in [2.24, 2.45) is 5.92 Å². The van der Waals surface area contributed by atoms with Crippen molar-refractivity contribution in [2.45, 2.75) is 6.42 Å². The fraction of sp³-hybridized carbons (Fsp3) is 0.250. The summed E-state index contributed by atoms with van der Waals surface area (Å²) in [5, 5.41) is 1.82. The Bertz CT molecular complexity index is 721. The molecule has 21 heavy (non-hydrogen) atoms. The molecule has 1 saturated heterocycles. The summed E-state index contributed by atoms with van der Waals surface area (Å²) in [4.78, 5) is 25.5. The molecular formula is C16H16N2O3. The van der Waals surface area contributed by atoms with E-state index in [1.165, 1.54) is 7.11 Å². The topological polar surface area (TPSA) is 72.6 Å². The minimum Gasteiger partial charge on any atom is -0.469 e. The SMILES string of the molecule is COC(=O)C1CC(=O)N(c2cccc3cccc(N)c23)C1. The quantitative estimate of drug-likeness (QED) is 0.675. The zero-order chi connectivity index (χ0) is 15.0. The molecule has 108 valence electrons. The lowest BCUT2D eigenvalue weighted by atomic mass is 10.1. The number of nitrogens with two attached hydrogens (primary N) is 1. The summed E-state index contributed by atoms with van der Waals surface area (Å²) in [5.74, 6) is -0.845. The second-order valence-corrected chi connectivity index (χ2v) is 5.15. The van der Waals surface area contributed by atoms with Gasteiger partial charge in [-0.05, 0) is 17.5 Å². The van der Waals surface area contributed by atoms with Crippen LogP contribution in [0.3, 0.4) is 0 Å². The molecule has 0 aromatic heterocycles. The maximum Gasteiger partial charge on any atom is 0.311 e. The summed E-state index contributed by atoms with van der Waals surface area (Å²) in [6, 6.07) is 11.3. The van der Waals surface area contributed by atoms with E-state index in [4.69, 9.17) is 10.5 Å². The lowest BCUT2D eigenvalue weighted by Gasteiger charge is -2.19. The number of hydrogen-bond donors (Lipinski definition) is 1. The first-order chi connectivity index (χ1) is 10.1. The van der Waals surface area contributed by atoms with Crippen LogP contribution in [-0.4, -0.2) is 25.5 Å². The molecule has 0 radical (unpaired) electrons. The Labute approximate surface area is 122 Å². The van der Waals surface area contributed by atoms with Crippen LogP contribution >= 0.6 is 0 Å². The van der Waals surface area contributed by atoms with E-state index in [-0.39, 0.29) is 18.3 Å². The van der Waals surface area contributed by atoms with E-state index < -0.39 is 5.92 Å². The Morgan fingerprint density at radius 3 is 2.71 bits per heavy atom. The highest BCUT2D eigenvalue weighted by Gasteiger charge is 2.36. The lowest BCUT2D eigenvalue weighted by molar-refractivity contribution is -0.145. The van der Waals surface area contributed by atoms with Crippen molar-refractivity contribution in [3.63, 3.8) is 0 Å². The van der Waals surface area contributed by atoms with Gasteiger partial charge in [0.2, 0.25) is 5.91 Å². The van der Waals surface area contributed by atoms with Crippen molar-refractivity contribution < 1.29 is 14.3 Å². The monoisotopic (exact) mass is 284 g/mol. The van der Waals surface area contributed by atoms with Crippen LogP contribution in [0.4, 0.5) is 11.4 Å². The van der Waals surface area contributed by atoms with E-state index in [9.17, 15) is 9.59 Å². The Morgan fingerprint density at radius 2 is 2.00 bits per heavy atom. The number of carbonyl (C=O) groups is 2. The third-order valence-corrected chi connectivity index (χ3v) is 3.87. The molecule has 0 saturated carbocycles. The van der Waals surface area contributed by atoms with Crippen LogP contribution in [-0.2, 0) is 14.3 Å². The lowest BCUT2D eigenvalue weighted by Crippen LogP contribution is -2.26.